The maximum atomic E-state index is 14.0. The fourth-order valence-corrected chi connectivity index (χ4v) is 4.43. The number of nitrogens with one attached hydrogen (secondary N) is 1. The van der Waals surface area contributed by atoms with Gasteiger partial charge in [0, 0.05) is 40.5 Å². The van der Waals surface area contributed by atoms with Crippen LogP contribution in [0.2, 0.25) is 5.02 Å². The van der Waals surface area contributed by atoms with Crippen molar-refractivity contribution in [1.82, 2.24) is 24.5 Å². The Balaban J connectivity index is 1.49. The summed E-state index contributed by atoms with van der Waals surface area (Å²) in [6.07, 6.45) is 0.409. The number of anilines is 1. The molecule has 0 saturated carbocycles. The normalized spacial score (nSPS) is 11.3. The Kier molecular flexibility index (Phi) is 6.73. The van der Waals surface area contributed by atoms with Crippen LogP contribution < -0.4 is 5.32 Å². The quantitative estimate of drug-likeness (QED) is 0.274. The molecule has 3 heterocycles. The van der Waals surface area contributed by atoms with Gasteiger partial charge in [0.25, 0.3) is 6.43 Å². The average Bonchev–Trinajstić information content (AvgIpc) is 3.47. The Hall–Kier alpha value is -4.44. The van der Waals surface area contributed by atoms with Crippen LogP contribution in [0.1, 0.15) is 33.6 Å². The van der Waals surface area contributed by atoms with E-state index >= 15 is 0 Å². The standard InChI is InChI=1S/C27H21ClF2N6O2/c1-15-24-20(26(29)30)11-22(17-12-31-35(2)13-17)33-27(24)36(34-15)14-23(37)32-21-9-8-18(28)10-19(21)25(38)16-6-4-3-5-7-16/h3-13,26H,14H2,1-2H3,(H,32,37). The van der Waals surface area contributed by atoms with E-state index in [1.165, 1.54) is 29.1 Å². The number of aromatic nitrogens is 5. The predicted octanol–water partition coefficient (Wildman–Crippen LogP) is 5.60. The van der Waals surface area contributed by atoms with Crippen LogP contribution in [-0.4, -0.2) is 36.2 Å². The molecule has 5 rings (SSSR count). The molecule has 0 aliphatic rings. The van der Waals surface area contributed by atoms with Gasteiger partial charge in [-0.15, -0.1) is 0 Å². The molecule has 5 aromatic rings. The molecule has 3 aromatic heterocycles. The minimum atomic E-state index is -2.78. The summed E-state index contributed by atoms with van der Waals surface area (Å²) in [5.74, 6) is -0.834. The number of hydrogen-bond acceptors (Lipinski definition) is 5. The van der Waals surface area contributed by atoms with Gasteiger partial charge in [0.1, 0.15) is 6.54 Å². The van der Waals surface area contributed by atoms with Gasteiger partial charge in [-0.25, -0.2) is 18.4 Å². The number of benzene rings is 2. The lowest BCUT2D eigenvalue weighted by molar-refractivity contribution is -0.116. The Morgan fingerprint density at radius 2 is 1.87 bits per heavy atom. The van der Waals surface area contributed by atoms with E-state index in [0.717, 1.165) is 0 Å². The first kappa shape index (κ1) is 25.2. The van der Waals surface area contributed by atoms with Gasteiger partial charge in [-0.05, 0) is 31.2 Å². The molecule has 0 aliphatic carbocycles. The maximum Gasteiger partial charge on any atom is 0.264 e. The summed E-state index contributed by atoms with van der Waals surface area (Å²) >= 11 is 6.14. The number of pyridine rings is 1. The van der Waals surface area contributed by atoms with E-state index in [2.05, 4.69) is 20.5 Å². The van der Waals surface area contributed by atoms with Crippen molar-refractivity contribution in [3.8, 4) is 11.3 Å². The average molecular weight is 535 g/mol. The Bertz CT molecular complexity index is 1680. The fourth-order valence-electron chi connectivity index (χ4n) is 4.25. The molecule has 0 fully saturated rings. The number of halogens is 3. The van der Waals surface area contributed by atoms with E-state index in [1.807, 2.05) is 0 Å². The zero-order valence-corrected chi connectivity index (χ0v) is 21.1. The minimum Gasteiger partial charge on any atom is -0.324 e. The summed E-state index contributed by atoms with van der Waals surface area (Å²) in [6.45, 7) is 1.27. The molecule has 1 N–H and O–H groups in total. The van der Waals surface area contributed by atoms with Gasteiger partial charge in [0.05, 0.1) is 28.7 Å². The first-order valence-corrected chi connectivity index (χ1v) is 11.9. The summed E-state index contributed by atoms with van der Waals surface area (Å²) < 4.78 is 30.9. The topological polar surface area (TPSA) is 94.7 Å². The molecule has 0 radical (unpaired) electrons. The molecule has 1 amide bonds. The van der Waals surface area contributed by atoms with Crippen LogP contribution in [0.3, 0.4) is 0 Å². The number of carbonyl (C=O) groups is 2. The number of carbonyl (C=O) groups excluding carboxylic acids is 2. The second-order valence-electron chi connectivity index (χ2n) is 8.67. The van der Waals surface area contributed by atoms with Gasteiger partial charge in [-0.3, -0.25) is 14.3 Å². The van der Waals surface area contributed by atoms with Gasteiger partial charge in [0.15, 0.2) is 11.4 Å². The highest BCUT2D eigenvalue weighted by atomic mass is 35.5. The largest absolute Gasteiger partial charge is 0.324 e. The third kappa shape index (κ3) is 4.90. The Labute approximate surface area is 220 Å². The zero-order valence-electron chi connectivity index (χ0n) is 20.3. The smallest absolute Gasteiger partial charge is 0.264 e. The molecule has 192 valence electrons. The fraction of sp³-hybridized carbons (Fsp3) is 0.148. The van der Waals surface area contributed by atoms with Crippen molar-refractivity contribution in [1.29, 1.82) is 0 Å². The van der Waals surface area contributed by atoms with E-state index in [0.29, 0.717) is 21.8 Å². The highest BCUT2D eigenvalue weighted by Crippen LogP contribution is 2.33. The third-order valence-corrected chi connectivity index (χ3v) is 6.21. The maximum absolute atomic E-state index is 14.0. The summed E-state index contributed by atoms with van der Waals surface area (Å²) in [6, 6.07) is 14.5. The molecule has 0 spiro atoms. The number of hydrogen-bond donors (Lipinski definition) is 1. The summed E-state index contributed by atoms with van der Waals surface area (Å²) in [4.78, 5) is 30.7. The van der Waals surface area contributed by atoms with Gasteiger partial charge in [-0.1, -0.05) is 41.9 Å². The Morgan fingerprint density at radius 3 is 2.55 bits per heavy atom. The van der Waals surface area contributed by atoms with Crippen molar-refractivity contribution in [2.75, 3.05) is 5.32 Å². The lowest BCUT2D eigenvalue weighted by Gasteiger charge is -2.12. The van der Waals surface area contributed by atoms with Gasteiger partial charge in [0.2, 0.25) is 5.91 Å². The number of amides is 1. The van der Waals surface area contributed by atoms with E-state index in [1.54, 1.807) is 61.2 Å². The summed E-state index contributed by atoms with van der Waals surface area (Å²) in [7, 11) is 1.71. The molecule has 0 unspecified atom stereocenters. The number of aryl methyl sites for hydroxylation is 2. The highest BCUT2D eigenvalue weighted by molar-refractivity contribution is 6.31. The van der Waals surface area contributed by atoms with E-state index in [9.17, 15) is 18.4 Å². The van der Waals surface area contributed by atoms with E-state index < -0.39 is 12.3 Å². The number of rotatable bonds is 7. The summed E-state index contributed by atoms with van der Waals surface area (Å²) in [5.41, 5.74) is 1.99. The second kappa shape index (κ2) is 10.1. The molecular formula is C27H21ClF2N6O2. The van der Waals surface area contributed by atoms with E-state index in [-0.39, 0.29) is 45.9 Å². The van der Waals surface area contributed by atoms with Crippen molar-refractivity contribution in [3.63, 3.8) is 0 Å². The number of nitrogens with zero attached hydrogens (tertiary/aromatic N) is 5. The number of fused-ring (bicyclic) bond motifs is 1. The predicted molar refractivity (Wildman–Crippen MR) is 139 cm³/mol. The molecule has 0 saturated heterocycles. The van der Waals surface area contributed by atoms with Crippen LogP contribution in [0.4, 0.5) is 14.5 Å². The van der Waals surface area contributed by atoms with Crippen LogP contribution in [0.25, 0.3) is 22.3 Å². The molecule has 0 atom stereocenters. The molecule has 0 bridgehead atoms. The second-order valence-corrected chi connectivity index (χ2v) is 9.11. The van der Waals surface area contributed by atoms with Crippen molar-refractivity contribution >= 4 is 40.0 Å². The van der Waals surface area contributed by atoms with Crippen molar-refractivity contribution in [2.24, 2.45) is 7.05 Å². The van der Waals surface area contributed by atoms with Crippen LogP contribution in [-0.2, 0) is 18.4 Å². The first-order valence-electron chi connectivity index (χ1n) is 11.6. The molecule has 8 nitrogen and oxygen atoms in total. The van der Waals surface area contributed by atoms with Crippen molar-refractivity contribution < 1.29 is 18.4 Å². The lowest BCUT2D eigenvalue weighted by atomic mass is 10.0. The van der Waals surface area contributed by atoms with Gasteiger partial charge < -0.3 is 5.32 Å². The number of ketones is 1. The van der Waals surface area contributed by atoms with E-state index in [4.69, 9.17) is 11.6 Å². The monoisotopic (exact) mass is 534 g/mol. The van der Waals surface area contributed by atoms with Crippen LogP contribution >= 0.6 is 11.6 Å². The SMILES string of the molecule is Cc1nn(CC(=O)Nc2ccc(Cl)cc2C(=O)c2ccccc2)c2nc(-c3cnn(C)c3)cc(C(F)F)c12. The minimum absolute atomic E-state index is 0.144. The van der Waals surface area contributed by atoms with Gasteiger partial charge in [-0.2, -0.15) is 10.2 Å². The van der Waals surface area contributed by atoms with Crippen LogP contribution in [0, 0.1) is 6.92 Å². The molecular weight excluding hydrogens is 514 g/mol. The van der Waals surface area contributed by atoms with Crippen LogP contribution in [0.5, 0.6) is 0 Å². The molecule has 2 aromatic carbocycles. The van der Waals surface area contributed by atoms with Crippen LogP contribution in [0.15, 0.2) is 67.0 Å². The van der Waals surface area contributed by atoms with Gasteiger partial charge >= 0.3 is 0 Å². The first-order chi connectivity index (χ1) is 18.2. The number of alkyl halides is 2. The third-order valence-electron chi connectivity index (χ3n) is 5.97. The van der Waals surface area contributed by atoms with Crippen molar-refractivity contribution in [2.45, 2.75) is 19.9 Å². The summed E-state index contributed by atoms with van der Waals surface area (Å²) in [5, 5.41) is 11.7. The molecule has 0 aliphatic heterocycles. The zero-order chi connectivity index (χ0) is 27.0. The van der Waals surface area contributed by atoms with Crippen molar-refractivity contribution in [3.05, 3.63) is 94.4 Å². The highest BCUT2D eigenvalue weighted by Gasteiger charge is 2.23. The lowest BCUT2D eigenvalue weighted by Crippen LogP contribution is -2.21. The molecule has 38 heavy (non-hydrogen) atoms. The Morgan fingerprint density at radius 1 is 1.11 bits per heavy atom. The molecule has 11 heteroatoms.